The third kappa shape index (κ3) is 3.93. The van der Waals surface area contributed by atoms with Crippen LogP contribution in [-0.2, 0) is 4.79 Å². The lowest BCUT2D eigenvalue weighted by atomic mass is 10.2. The van der Waals surface area contributed by atoms with Gasteiger partial charge >= 0.3 is 5.97 Å². The van der Waals surface area contributed by atoms with Crippen LogP contribution in [0.15, 0.2) is 23.8 Å². The van der Waals surface area contributed by atoms with E-state index in [0.29, 0.717) is 0 Å². The van der Waals surface area contributed by atoms with Gasteiger partial charge in [0.25, 0.3) is 0 Å². The summed E-state index contributed by atoms with van der Waals surface area (Å²) in [7, 11) is 0. The number of hydrogen-bond acceptors (Lipinski definition) is 2. The molecule has 0 rings (SSSR count). The van der Waals surface area contributed by atoms with E-state index in [-0.39, 0.29) is 5.57 Å². The molecule has 0 amide bonds. The van der Waals surface area contributed by atoms with Gasteiger partial charge in [-0.3, -0.25) is 0 Å². The SMILES string of the molecule is CCC=CC(=CC#N)C(=O)O. The zero-order valence-corrected chi connectivity index (χ0v) is 6.24. The Bertz CT molecular complexity index is 233. The molecule has 0 saturated carbocycles. The summed E-state index contributed by atoms with van der Waals surface area (Å²) in [5, 5.41) is 16.6. The highest BCUT2D eigenvalue weighted by atomic mass is 16.4. The molecule has 0 aromatic heterocycles. The van der Waals surface area contributed by atoms with Gasteiger partial charge in [0.2, 0.25) is 0 Å². The van der Waals surface area contributed by atoms with Crippen LogP contribution in [0, 0.1) is 11.3 Å². The topological polar surface area (TPSA) is 61.1 Å². The number of carboxylic acid groups (broad SMARTS) is 1. The first kappa shape index (κ1) is 9.44. The number of nitriles is 1. The normalized spacial score (nSPS) is 11.5. The van der Waals surface area contributed by atoms with Crippen LogP contribution in [0.1, 0.15) is 13.3 Å². The average molecular weight is 151 g/mol. The average Bonchev–Trinajstić information content (AvgIpc) is 1.97. The molecule has 0 unspecified atom stereocenters. The van der Waals surface area contributed by atoms with Crippen LogP contribution >= 0.6 is 0 Å². The van der Waals surface area contributed by atoms with Crippen molar-refractivity contribution in [2.24, 2.45) is 0 Å². The fraction of sp³-hybridized carbons (Fsp3) is 0.250. The molecule has 3 heteroatoms. The highest BCUT2D eigenvalue weighted by molar-refractivity contribution is 5.90. The maximum atomic E-state index is 10.3. The molecule has 58 valence electrons. The second kappa shape index (κ2) is 5.24. The van der Waals surface area contributed by atoms with E-state index in [1.54, 1.807) is 12.1 Å². The van der Waals surface area contributed by atoms with E-state index in [9.17, 15) is 4.79 Å². The first-order chi connectivity index (χ1) is 5.22. The Labute approximate surface area is 65.3 Å². The van der Waals surface area contributed by atoms with Crippen molar-refractivity contribution in [2.75, 3.05) is 0 Å². The van der Waals surface area contributed by atoms with Gasteiger partial charge in [0.05, 0.1) is 11.6 Å². The van der Waals surface area contributed by atoms with E-state index in [1.807, 2.05) is 6.92 Å². The fourth-order valence-corrected chi connectivity index (χ4v) is 0.495. The predicted molar refractivity (Wildman–Crippen MR) is 40.8 cm³/mol. The Balaban J connectivity index is 4.39. The lowest BCUT2D eigenvalue weighted by Gasteiger charge is -1.88. The number of carbonyl (C=O) groups is 1. The molecule has 0 heterocycles. The molecule has 3 nitrogen and oxygen atoms in total. The molecule has 0 aliphatic carbocycles. The van der Waals surface area contributed by atoms with Crippen molar-refractivity contribution in [3.63, 3.8) is 0 Å². The van der Waals surface area contributed by atoms with Crippen LogP contribution in [0.5, 0.6) is 0 Å². The second-order valence-corrected chi connectivity index (χ2v) is 1.84. The quantitative estimate of drug-likeness (QED) is 0.377. The van der Waals surface area contributed by atoms with E-state index >= 15 is 0 Å². The van der Waals surface area contributed by atoms with Crippen LogP contribution in [0.4, 0.5) is 0 Å². The van der Waals surface area contributed by atoms with Crippen molar-refractivity contribution in [3.8, 4) is 6.07 Å². The number of aliphatic carboxylic acids is 1. The highest BCUT2D eigenvalue weighted by Gasteiger charge is 2.00. The molecule has 0 aliphatic rings. The van der Waals surface area contributed by atoms with Crippen molar-refractivity contribution in [3.05, 3.63) is 23.8 Å². The minimum Gasteiger partial charge on any atom is -0.478 e. The van der Waals surface area contributed by atoms with E-state index in [4.69, 9.17) is 10.4 Å². The zero-order chi connectivity index (χ0) is 8.69. The smallest absolute Gasteiger partial charge is 0.336 e. The van der Waals surface area contributed by atoms with E-state index in [0.717, 1.165) is 12.5 Å². The van der Waals surface area contributed by atoms with Gasteiger partial charge in [-0.2, -0.15) is 5.26 Å². The van der Waals surface area contributed by atoms with Gasteiger partial charge in [-0.25, -0.2) is 4.79 Å². The molecule has 0 spiro atoms. The summed E-state index contributed by atoms with van der Waals surface area (Å²) in [6, 6.07) is 1.66. The summed E-state index contributed by atoms with van der Waals surface area (Å²) in [6.45, 7) is 1.89. The predicted octanol–water partition coefficient (Wildman–Crippen LogP) is 1.49. The standard InChI is InChI=1S/C8H9NO2/c1-2-3-4-7(5-6-9)8(10)11/h3-5H,2H2,1H3,(H,10,11). The Hall–Kier alpha value is -1.56. The third-order valence-electron chi connectivity index (χ3n) is 1.00. The summed E-state index contributed by atoms with van der Waals surface area (Å²) in [5.41, 5.74) is 0.0225. The van der Waals surface area contributed by atoms with Crippen molar-refractivity contribution in [1.29, 1.82) is 5.26 Å². The molecule has 0 atom stereocenters. The van der Waals surface area contributed by atoms with Crippen molar-refractivity contribution in [1.82, 2.24) is 0 Å². The van der Waals surface area contributed by atoms with Crippen LogP contribution in [0.3, 0.4) is 0 Å². The number of rotatable bonds is 3. The Morgan fingerprint density at radius 1 is 1.73 bits per heavy atom. The molecule has 11 heavy (non-hydrogen) atoms. The maximum absolute atomic E-state index is 10.3. The van der Waals surface area contributed by atoms with Gasteiger partial charge in [0.15, 0.2) is 0 Å². The van der Waals surface area contributed by atoms with Gasteiger partial charge in [-0.15, -0.1) is 0 Å². The molecule has 0 radical (unpaired) electrons. The largest absolute Gasteiger partial charge is 0.478 e. The minimum atomic E-state index is -1.07. The summed E-state index contributed by atoms with van der Waals surface area (Å²) in [6.07, 6.45) is 4.88. The maximum Gasteiger partial charge on any atom is 0.336 e. The molecule has 0 bridgehead atoms. The van der Waals surface area contributed by atoms with Gasteiger partial charge in [-0.1, -0.05) is 19.1 Å². The van der Waals surface area contributed by atoms with Gasteiger partial charge in [0, 0.05) is 6.08 Å². The monoisotopic (exact) mass is 151 g/mol. The Morgan fingerprint density at radius 2 is 2.36 bits per heavy atom. The summed E-state index contributed by atoms with van der Waals surface area (Å²) < 4.78 is 0. The third-order valence-corrected chi connectivity index (χ3v) is 1.00. The molecule has 0 fully saturated rings. The van der Waals surface area contributed by atoms with Crippen molar-refractivity contribution in [2.45, 2.75) is 13.3 Å². The van der Waals surface area contributed by atoms with Gasteiger partial charge < -0.3 is 5.11 Å². The summed E-state index contributed by atoms with van der Waals surface area (Å²) >= 11 is 0. The molecule has 0 aromatic rings. The zero-order valence-electron chi connectivity index (χ0n) is 6.24. The van der Waals surface area contributed by atoms with E-state index < -0.39 is 5.97 Å². The molecule has 0 saturated heterocycles. The fourth-order valence-electron chi connectivity index (χ4n) is 0.495. The first-order valence-corrected chi connectivity index (χ1v) is 3.22. The highest BCUT2D eigenvalue weighted by Crippen LogP contribution is 1.97. The lowest BCUT2D eigenvalue weighted by molar-refractivity contribution is -0.132. The van der Waals surface area contributed by atoms with Crippen LogP contribution in [0.2, 0.25) is 0 Å². The van der Waals surface area contributed by atoms with Crippen molar-refractivity contribution >= 4 is 5.97 Å². The second-order valence-electron chi connectivity index (χ2n) is 1.84. The van der Waals surface area contributed by atoms with Crippen LogP contribution in [0.25, 0.3) is 0 Å². The molecule has 0 aromatic carbocycles. The van der Waals surface area contributed by atoms with E-state index in [2.05, 4.69) is 0 Å². The minimum absolute atomic E-state index is 0.0225. The molecule has 0 aliphatic heterocycles. The number of hydrogen-bond donors (Lipinski definition) is 1. The number of allylic oxidation sites excluding steroid dienone is 2. The van der Waals surface area contributed by atoms with Gasteiger partial charge in [-0.05, 0) is 6.42 Å². The van der Waals surface area contributed by atoms with Crippen LogP contribution < -0.4 is 0 Å². The summed E-state index contributed by atoms with van der Waals surface area (Å²) in [4.78, 5) is 10.3. The molecular formula is C8H9NO2. The number of carboxylic acids is 1. The van der Waals surface area contributed by atoms with Gasteiger partial charge in [0.1, 0.15) is 0 Å². The van der Waals surface area contributed by atoms with E-state index in [1.165, 1.54) is 6.08 Å². The van der Waals surface area contributed by atoms with Crippen molar-refractivity contribution < 1.29 is 9.90 Å². The Morgan fingerprint density at radius 3 is 2.73 bits per heavy atom. The molecule has 1 N–H and O–H groups in total. The Kier molecular flexibility index (Phi) is 4.50. The molecular weight excluding hydrogens is 142 g/mol. The lowest BCUT2D eigenvalue weighted by Crippen LogP contribution is -1.96. The number of nitrogens with zero attached hydrogens (tertiary/aromatic N) is 1. The first-order valence-electron chi connectivity index (χ1n) is 3.22. The summed E-state index contributed by atoms with van der Waals surface area (Å²) in [5.74, 6) is -1.07. The van der Waals surface area contributed by atoms with Crippen LogP contribution in [-0.4, -0.2) is 11.1 Å².